The van der Waals surface area contributed by atoms with E-state index in [4.69, 9.17) is 9.84 Å². The summed E-state index contributed by atoms with van der Waals surface area (Å²) < 4.78 is 35.9. The van der Waals surface area contributed by atoms with E-state index in [1.165, 1.54) is 36.0 Å². The maximum atomic E-state index is 15.1. The number of H-pyrrole nitrogens is 2. The lowest BCUT2D eigenvalue weighted by Gasteiger charge is -2.17. The summed E-state index contributed by atoms with van der Waals surface area (Å²) in [5.41, 5.74) is 3.81. The average molecular weight is 618 g/mol. The van der Waals surface area contributed by atoms with Crippen LogP contribution in [0, 0.1) is 18.6 Å². The summed E-state index contributed by atoms with van der Waals surface area (Å²) in [5.74, 6) is -0.813. The number of imidazole rings is 1. The molecule has 1 unspecified atom stereocenters. The Morgan fingerprint density at radius 2 is 1.91 bits per heavy atom. The number of carbonyl (C=O) groups is 2. The number of aromatic amines is 2. The molecule has 0 bridgehead atoms. The maximum absolute atomic E-state index is 15.1. The zero-order valence-electron chi connectivity index (χ0n) is 24.2. The highest BCUT2D eigenvalue weighted by Crippen LogP contribution is 2.36. The number of aldehydes is 1. The van der Waals surface area contributed by atoms with Crippen molar-refractivity contribution in [3.63, 3.8) is 0 Å². The summed E-state index contributed by atoms with van der Waals surface area (Å²) in [6.45, 7) is 2.04. The predicted molar refractivity (Wildman–Crippen MR) is 169 cm³/mol. The predicted octanol–water partition coefficient (Wildman–Crippen LogP) is 8.65. The Balaban J connectivity index is 1.34. The summed E-state index contributed by atoms with van der Waals surface area (Å²) in [5, 5.41) is 9.31. The number of carbonyl (C=O) groups excluding carboxylic acids is 1. The highest BCUT2D eigenvalue weighted by molar-refractivity contribution is 7.99. The van der Waals surface area contributed by atoms with E-state index < -0.39 is 17.6 Å². The molecule has 0 spiro atoms. The fourth-order valence-corrected chi connectivity index (χ4v) is 6.10. The van der Waals surface area contributed by atoms with E-state index in [0.29, 0.717) is 23.0 Å². The minimum Gasteiger partial charge on any atom is -0.481 e. The Bertz CT molecular complexity index is 1770. The third-order valence-electron chi connectivity index (χ3n) is 7.50. The van der Waals surface area contributed by atoms with Crippen LogP contribution in [0.4, 0.5) is 8.78 Å². The van der Waals surface area contributed by atoms with Crippen molar-refractivity contribution in [2.24, 2.45) is 0 Å². The van der Waals surface area contributed by atoms with E-state index in [0.717, 1.165) is 54.7 Å². The lowest BCUT2D eigenvalue weighted by atomic mass is 9.89. The van der Waals surface area contributed by atoms with Crippen LogP contribution in [-0.4, -0.2) is 43.8 Å². The molecule has 1 atom stereocenters. The van der Waals surface area contributed by atoms with Crippen molar-refractivity contribution in [3.8, 4) is 22.9 Å². The van der Waals surface area contributed by atoms with Crippen LogP contribution in [0.1, 0.15) is 65.2 Å². The number of hydrogen-bond donors (Lipinski definition) is 3. The summed E-state index contributed by atoms with van der Waals surface area (Å²) in [7, 11) is 0. The third kappa shape index (κ3) is 7.37. The molecule has 3 N–H and O–H groups in total. The standard InChI is InChI=1S/C34H33F2N3O4S/c1-21-7-6-8-22(15-21)24(9-4-2-3-5-14-44-20-32(41)42)31-18-38-34(39-31)26-16-23(10-11-28(26)35)43-33-27(19-40)25-12-13-37-30(25)17-29(33)36/h6-8,10-13,15-19,24,37H,2-5,9,14,20H2,1H3,(H,38,39)(H,41,42). The molecular weight excluding hydrogens is 584 g/mol. The zero-order chi connectivity index (χ0) is 31.1. The Hall–Kier alpha value is -4.44. The number of carboxylic acids is 1. The topological polar surface area (TPSA) is 108 Å². The first-order valence-electron chi connectivity index (χ1n) is 14.5. The molecule has 0 saturated carbocycles. The quantitative estimate of drug-likeness (QED) is 0.0802. The third-order valence-corrected chi connectivity index (χ3v) is 8.53. The number of nitrogens with one attached hydrogen (secondary N) is 2. The highest BCUT2D eigenvalue weighted by Gasteiger charge is 2.21. The van der Waals surface area contributed by atoms with Gasteiger partial charge in [0.2, 0.25) is 0 Å². The summed E-state index contributed by atoms with van der Waals surface area (Å²) in [6, 6.07) is 15.3. The lowest BCUT2D eigenvalue weighted by molar-refractivity contribution is -0.133. The summed E-state index contributed by atoms with van der Waals surface area (Å²) in [4.78, 5) is 33.2. The molecule has 0 saturated heterocycles. The van der Waals surface area contributed by atoms with Gasteiger partial charge in [-0.2, -0.15) is 11.8 Å². The number of hydrogen-bond acceptors (Lipinski definition) is 5. The van der Waals surface area contributed by atoms with Crippen LogP contribution < -0.4 is 4.74 Å². The van der Waals surface area contributed by atoms with E-state index in [-0.39, 0.29) is 34.3 Å². The number of ether oxygens (including phenoxy) is 1. The number of carboxylic acid groups (broad SMARTS) is 1. The monoisotopic (exact) mass is 617 g/mol. The number of aliphatic carboxylic acids is 1. The summed E-state index contributed by atoms with van der Waals surface area (Å²) >= 11 is 1.44. The fourth-order valence-electron chi connectivity index (χ4n) is 5.37. The molecule has 2 heterocycles. The average Bonchev–Trinajstić information content (AvgIpc) is 3.67. The van der Waals surface area contributed by atoms with Gasteiger partial charge in [-0.25, -0.2) is 13.8 Å². The van der Waals surface area contributed by atoms with Crippen LogP contribution in [0.5, 0.6) is 11.5 Å². The van der Waals surface area contributed by atoms with Gasteiger partial charge >= 0.3 is 5.97 Å². The first-order valence-corrected chi connectivity index (χ1v) is 15.6. The molecule has 2 aromatic heterocycles. The molecule has 0 radical (unpaired) electrons. The number of halogens is 2. The normalized spacial score (nSPS) is 12.0. The van der Waals surface area contributed by atoms with Crippen LogP contribution in [0.15, 0.2) is 67.0 Å². The van der Waals surface area contributed by atoms with Crippen molar-refractivity contribution in [1.29, 1.82) is 0 Å². The molecular formula is C34H33F2N3O4S. The molecule has 0 fully saturated rings. The van der Waals surface area contributed by atoms with E-state index in [2.05, 4.69) is 27.1 Å². The Kier molecular flexibility index (Phi) is 10.1. The Morgan fingerprint density at radius 1 is 1.07 bits per heavy atom. The van der Waals surface area contributed by atoms with Crippen LogP contribution >= 0.6 is 11.8 Å². The van der Waals surface area contributed by atoms with Crippen molar-refractivity contribution in [3.05, 3.63) is 101 Å². The van der Waals surface area contributed by atoms with Crippen molar-refractivity contribution < 1.29 is 28.2 Å². The van der Waals surface area contributed by atoms with Gasteiger partial charge in [-0.05, 0) is 55.3 Å². The van der Waals surface area contributed by atoms with E-state index in [9.17, 15) is 14.0 Å². The molecule has 10 heteroatoms. The number of aromatic nitrogens is 3. The molecule has 5 rings (SSSR count). The zero-order valence-corrected chi connectivity index (χ0v) is 25.1. The van der Waals surface area contributed by atoms with Crippen molar-refractivity contribution in [2.75, 3.05) is 11.5 Å². The van der Waals surface area contributed by atoms with Crippen molar-refractivity contribution >= 4 is 34.9 Å². The maximum Gasteiger partial charge on any atom is 0.313 e. The van der Waals surface area contributed by atoms with Gasteiger partial charge in [0.1, 0.15) is 17.4 Å². The fraction of sp³-hybridized carbons (Fsp3) is 0.265. The molecule has 0 aliphatic carbocycles. The molecule has 0 amide bonds. The largest absolute Gasteiger partial charge is 0.481 e. The molecule has 228 valence electrons. The number of unbranched alkanes of at least 4 members (excludes halogenated alkanes) is 3. The van der Waals surface area contributed by atoms with Gasteiger partial charge in [0.25, 0.3) is 0 Å². The molecule has 7 nitrogen and oxygen atoms in total. The second-order valence-corrected chi connectivity index (χ2v) is 11.8. The van der Waals surface area contributed by atoms with Gasteiger partial charge in [0.05, 0.1) is 16.9 Å². The first kappa shape index (κ1) is 31.0. The van der Waals surface area contributed by atoms with Crippen molar-refractivity contribution in [2.45, 2.75) is 44.9 Å². The second-order valence-electron chi connectivity index (χ2n) is 10.7. The number of aryl methyl sites for hydroxylation is 1. The smallest absolute Gasteiger partial charge is 0.313 e. The van der Waals surface area contributed by atoms with Gasteiger partial charge in [-0.3, -0.25) is 9.59 Å². The SMILES string of the molecule is Cc1cccc(C(CCCCCCSCC(=O)O)c2cnc(-c3cc(Oc4c(F)cc5[nH]ccc5c4C=O)ccc3F)[nH]2)c1. The lowest BCUT2D eigenvalue weighted by Crippen LogP contribution is -2.03. The molecule has 44 heavy (non-hydrogen) atoms. The van der Waals surface area contributed by atoms with Gasteiger partial charge in [0.15, 0.2) is 17.9 Å². The number of fused-ring (bicyclic) bond motifs is 1. The van der Waals surface area contributed by atoms with Crippen molar-refractivity contribution in [1.82, 2.24) is 15.0 Å². The number of rotatable bonds is 15. The molecule has 0 aliphatic rings. The van der Waals surface area contributed by atoms with Gasteiger partial charge in [0, 0.05) is 41.0 Å². The number of benzene rings is 3. The first-order chi connectivity index (χ1) is 21.3. The van der Waals surface area contributed by atoms with Gasteiger partial charge < -0.3 is 19.8 Å². The van der Waals surface area contributed by atoms with Gasteiger partial charge in [-0.1, -0.05) is 49.1 Å². The number of nitrogens with zero attached hydrogens (tertiary/aromatic N) is 1. The molecule has 3 aromatic carbocycles. The van der Waals surface area contributed by atoms with E-state index >= 15 is 4.39 Å². The Morgan fingerprint density at radius 3 is 2.70 bits per heavy atom. The van der Waals surface area contributed by atoms with Gasteiger partial charge in [-0.15, -0.1) is 0 Å². The van der Waals surface area contributed by atoms with Crippen LogP contribution in [-0.2, 0) is 4.79 Å². The summed E-state index contributed by atoms with van der Waals surface area (Å²) in [6.07, 6.45) is 8.69. The van der Waals surface area contributed by atoms with Crippen LogP contribution in [0.3, 0.4) is 0 Å². The second kappa shape index (κ2) is 14.4. The number of thioether (sulfide) groups is 1. The van der Waals surface area contributed by atoms with Crippen LogP contribution in [0.25, 0.3) is 22.3 Å². The molecule has 5 aromatic rings. The Labute approximate surface area is 258 Å². The minimum atomic E-state index is -0.788. The van der Waals surface area contributed by atoms with E-state index in [1.54, 1.807) is 18.5 Å². The molecule has 0 aliphatic heterocycles. The van der Waals surface area contributed by atoms with E-state index in [1.807, 2.05) is 19.1 Å². The minimum absolute atomic E-state index is 0.0114. The highest BCUT2D eigenvalue weighted by atomic mass is 32.2. The van der Waals surface area contributed by atoms with Crippen LogP contribution in [0.2, 0.25) is 0 Å².